The number of hydrogen-bond donors (Lipinski definition) is 1. The monoisotopic (exact) mass is 338 g/mol. The van der Waals surface area contributed by atoms with Gasteiger partial charge in [-0.15, -0.1) is 6.58 Å². The van der Waals surface area contributed by atoms with Crippen LogP contribution in [-0.4, -0.2) is 23.1 Å². The minimum atomic E-state index is -0.531. The molecule has 1 amide bonds. The number of carbonyl (C=O) groups is 2. The van der Waals surface area contributed by atoms with E-state index < -0.39 is 11.9 Å². The van der Waals surface area contributed by atoms with Crippen molar-refractivity contribution in [3.05, 3.63) is 45.6 Å². The molecule has 116 valence electrons. The molecule has 2 aromatic rings. The lowest BCUT2D eigenvalue weighted by Crippen LogP contribution is -2.17. The smallest absolute Gasteiger partial charge is 0.352 e. The second-order valence-electron chi connectivity index (χ2n) is 4.10. The van der Waals surface area contributed by atoms with Crippen LogP contribution in [0.1, 0.15) is 27.2 Å². The molecule has 0 aliphatic heterocycles. The summed E-state index contributed by atoms with van der Waals surface area (Å²) < 4.78 is 12.1. The highest BCUT2D eigenvalue weighted by molar-refractivity contribution is 7.73. The standard InChI is InChI=1S/C14H14N2O4S2/c1-3-7-16-11(15-12(17)9-6-5-8-20-9)10(22-14(16)21)13(18)19-4-2/h3,5-6,8H,1,4,7H2,2H3,(H,15,17). The fourth-order valence-electron chi connectivity index (χ4n) is 1.74. The molecule has 1 N–H and O–H groups in total. The van der Waals surface area contributed by atoms with Gasteiger partial charge >= 0.3 is 5.97 Å². The van der Waals surface area contributed by atoms with Crippen molar-refractivity contribution in [2.45, 2.75) is 13.5 Å². The van der Waals surface area contributed by atoms with Crippen LogP contribution in [0.5, 0.6) is 0 Å². The van der Waals surface area contributed by atoms with Crippen LogP contribution in [0, 0.1) is 3.95 Å². The second kappa shape index (κ2) is 7.19. The molecule has 2 heterocycles. The Kier molecular flexibility index (Phi) is 5.29. The predicted octanol–water partition coefficient (Wildman–Crippen LogP) is 3.49. The molecular formula is C14H14N2O4S2. The molecule has 8 heteroatoms. The number of allylic oxidation sites excluding steroid dienone is 1. The Bertz CT molecular complexity index is 743. The summed E-state index contributed by atoms with van der Waals surface area (Å²) in [5.74, 6) is -0.579. The molecule has 0 saturated heterocycles. The van der Waals surface area contributed by atoms with Crippen molar-refractivity contribution in [2.75, 3.05) is 11.9 Å². The van der Waals surface area contributed by atoms with Gasteiger partial charge in [0.1, 0.15) is 5.82 Å². The lowest BCUT2D eigenvalue weighted by atomic mass is 10.4. The number of amides is 1. The number of rotatable bonds is 6. The summed E-state index contributed by atoms with van der Waals surface area (Å²) in [5, 5.41) is 2.65. The van der Waals surface area contributed by atoms with E-state index in [-0.39, 0.29) is 23.1 Å². The van der Waals surface area contributed by atoms with Crippen LogP contribution in [0.4, 0.5) is 5.82 Å². The van der Waals surface area contributed by atoms with E-state index >= 15 is 0 Å². The van der Waals surface area contributed by atoms with Gasteiger partial charge in [-0.1, -0.05) is 17.4 Å². The van der Waals surface area contributed by atoms with Gasteiger partial charge in [0.15, 0.2) is 14.6 Å². The SMILES string of the molecule is C=CCn1c(NC(=O)c2ccco2)c(C(=O)OCC)sc1=S. The number of furan rings is 1. The van der Waals surface area contributed by atoms with Crippen molar-refractivity contribution in [2.24, 2.45) is 0 Å². The van der Waals surface area contributed by atoms with Crippen molar-refractivity contribution in [1.82, 2.24) is 4.57 Å². The molecule has 0 fully saturated rings. The van der Waals surface area contributed by atoms with Gasteiger partial charge in [-0.25, -0.2) is 4.79 Å². The molecule has 22 heavy (non-hydrogen) atoms. The fourth-order valence-corrected chi connectivity index (χ4v) is 3.00. The zero-order valence-corrected chi connectivity index (χ0v) is 13.5. The highest BCUT2D eigenvalue weighted by Crippen LogP contribution is 2.26. The summed E-state index contributed by atoms with van der Waals surface area (Å²) in [6, 6.07) is 3.13. The Morgan fingerprint density at radius 2 is 2.36 bits per heavy atom. The average Bonchev–Trinajstić information content (AvgIpc) is 3.11. The molecule has 0 aliphatic rings. The van der Waals surface area contributed by atoms with Crippen LogP contribution in [0.15, 0.2) is 35.5 Å². The summed E-state index contributed by atoms with van der Waals surface area (Å²) in [5.41, 5.74) is 0. The molecule has 0 atom stereocenters. The first-order valence-corrected chi connectivity index (χ1v) is 7.67. The summed E-state index contributed by atoms with van der Waals surface area (Å²) in [4.78, 5) is 24.4. The molecule has 0 unspecified atom stereocenters. The highest BCUT2D eigenvalue weighted by atomic mass is 32.1. The Labute approximate surface area is 136 Å². The third-order valence-electron chi connectivity index (χ3n) is 2.64. The van der Waals surface area contributed by atoms with Crippen LogP contribution in [-0.2, 0) is 11.3 Å². The van der Waals surface area contributed by atoms with E-state index in [1.807, 2.05) is 0 Å². The second-order valence-corrected chi connectivity index (χ2v) is 5.74. The van der Waals surface area contributed by atoms with E-state index in [9.17, 15) is 9.59 Å². The lowest BCUT2D eigenvalue weighted by Gasteiger charge is -2.09. The normalized spacial score (nSPS) is 10.2. The molecular weight excluding hydrogens is 324 g/mol. The number of carbonyl (C=O) groups excluding carboxylic acids is 2. The third-order valence-corrected chi connectivity index (χ3v) is 4.07. The molecule has 0 aliphatic carbocycles. The first kappa shape index (κ1) is 16.2. The lowest BCUT2D eigenvalue weighted by molar-refractivity contribution is 0.0532. The largest absolute Gasteiger partial charge is 0.462 e. The predicted molar refractivity (Wildman–Crippen MR) is 86.0 cm³/mol. The Morgan fingerprint density at radius 1 is 1.59 bits per heavy atom. The van der Waals surface area contributed by atoms with Crippen molar-refractivity contribution < 1.29 is 18.7 Å². The van der Waals surface area contributed by atoms with E-state index in [0.717, 1.165) is 11.3 Å². The maximum Gasteiger partial charge on any atom is 0.352 e. The number of thiazole rings is 1. The van der Waals surface area contributed by atoms with Gasteiger partial charge in [0.2, 0.25) is 0 Å². The molecule has 0 bridgehead atoms. The minimum Gasteiger partial charge on any atom is -0.462 e. The summed E-state index contributed by atoms with van der Waals surface area (Å²) in [7, 11) is 0. The van der Waals surface area contributed by atoms with Gasteiger partial charge in [-0.2, -0.15) is 0 Å². The molecule has 6 nitrogen and oxygen atoms in total. The third kappa shape index (κ3) is 3.34. The van der Waals surface area contributed by atoms with E-state index in [0.29, 0.717) is 10.5 Å². The minimum absolute atomic E-state index is 0.136. The van der Waals surface area contributed by atoms with Gasteiger partial charge in [-0.05, 0) is 31.3 Å². The van der Waals surface area contributed by atoms with Crippen molar-refractivity contribution in [3.63, 3.8) is 0 Å². The molecule has 0 spiro atoms. The van der Waals surface area contributed by atoms with E-state index in [1.54, 1.807) is 23.6 Å². The van der Waals surface area contributed by atoms with Crippen molar-refractivity contribution >= 4 is 41.2 Å². The van der Waals surface area contributed by atoms with Gasteiger partial charge in [0.05, 0.1) is 12.9 Å². The molecule has 0 aromatic carbocycles. The first-order valence-electron chi connectivity index (χ1n) is 6.45. The van der Waals surface area contributed by atoms with Crippen LogP contribution < -0.4 is 5.32 Å². The Morgan fingerprint density at radius 3 is 2.95 bits per heavy atom. The number of hydrogen-bond acceptors (Lipinski definition) is 6. The van der Waals surface area contributed by atoms with Crippen molar-refractivity contribution in [3.8, 4) is 0 Å². The molecule has 2 rings (SSSR count). The van der Waals surface area contributed by atoms with Crippen LogP contribution in [0.25, 0.3) is 0 Å². The van der Waals surface area contributed by atoms with E-state index in [1.165, 1.54) is 12.3 Å². The number of aromatic nitrogens is 1. The summed E-state index contributed by atoms with van der Waals surface area (Å²) in [6.07, 6.45) is 3.02. The Balaban J connectivity index is 2.41. The number of anilines is 1. The Hall–Kier alpha value is -2.19. The van der Waals surface area contributed by atoms with Crippen LogP contribution in [0.3, 0.4) is 0 Å². The average molecular weight is 338 g/mol. The quantitative estimate of drug-likeness (QED) is 0.496. The summed E-state index contributed by atoms with van der Waals surface area (Å²) in [6.45, 7) is 5.95. The number of nitrogens with one attached hydrogen (secondary N) is 1. The molecule has 2 aromatic heterocycles. The van der Waals surface area contributed by atoms with Crippen LogP contribution in [0.2, 0.25) is 0 Å². The van der Waals surface area contributed by atoms with Crippen LogP contribution >= 0.6 is 23.6 Å². The highest BCUT2D eigenvalue weighted by Gasteiger charge is 2.22. The molecule has 0 radical (unpaired) electrons. The van der Waals surface area contributed by atoms with Gasteiger partial charge in [-0.3, -0.25) is 4.79 Å². The molecule has 0 saturated carbocycles. The van der Waals surface area contributed by atoms with Crippen molar-refractivity contribution in [1.29, 1.82) is 0 Å². The maximum atomic E-state index is 12.1. The number of nitrogens with zero attached hydrogens (tertiary/aromatic N) is 1. The van der Waals surface area contributed by atoms with Gasteiger partial charge < -0.3 is 19.0 Å². The zero-order valence-electron chi connectivity index (χ0n) is 11.8. The van der Waals surface area contributed by atoms with Gasteiger partial charge in [0, 0.05) is 6.54 Å². The zero-order chi connectivity index (χ0) is 16.1. The van der Waals surface area contributed by atoms with E-state index in [4.69, 9.17) is 21.4 Å². The first-order chi connectivity index (χ1) is 10.6. The summed E-state index contributed by atoms with van der Waals surface area (Å²) >= 11 is 6.31. The van der Waals surface area contributed by atoms with E-state index in [2.05, 4.69) is 11.9 Å². The topological polar surface area (TPSA) is 73.5 Å². The van der Waals surface area contributed by atoms with Gasteiger partial charge in [0.25, 0.3) is 5.91 Å². The number of esters is 1. The fraction of sp³-hybridized carbons (Fsp3) is 0.214. The number of ether oxygens (including phenoxy) is 1. The maximum absolute atomic E-state index is 12.1.